The van der Waals surface area contributed by atoms with Crippen LogP contribution in [-0.2, 0) is 11.2 Å². The van der Waals surface area contributed by atoms with Gasteiger partial charge in [0.15, 0.2) is 0 Å². The summed E-state index contributed by atoms with van der Waals surface area (Å²) in [4.78, 5) is 15.5. The van der Waals surface area contributed by atoms with Crippen molar-refractivity contribution in [3.05, 3.63) is 53.7 Å². The largest absolute Gasteiger partial charge is 0.300 e. The van der Waals surface area contributed by atoms with Gasteiger partial charge < -0.3 is 0 Å². The van der Waals surface area contributed by atoms with Crippen LogP contribution in [0.3, 0.4) is 0 Å². The molecule has 0 aliphatic heterocycles. The molecule has 0 spiro atoms. The molecule has 17 heavy (non-hydrogen) atoms. The Morgan fingerprint density at radius 1 is 1.24 bits per heavy atom. The molecule has 0 unspecified atom stereocenters. The number of benzene rings is 1. The molecule has 0 aliphatic rings. The molecule has 0 radical (unpaired) electrons. The molecule has 0 saturated carbocycles. The number of rotatable bonds is 3. The highest BCUT2D eigenvalue weighted by Crippen LogP contribution is 2.21. The minimum Gasteiger partial charge on any atom is -0.300 e. The summed E-state index contributed by atoms with van der Waals surface area (Å²) in [5.74, 6) is 0.165. The van der Waals surface area contributed by atoms with Gasteiger partial charge in [-0.2, -0.15) is 0 Å². The Hall–Kier alpha value is -1.96. The van der Waals surface area contributed by atoms with Crippen LogP contribution in [0.1, 0.15) is 18.1 Å². The van der Waals surface area contributed by atoms with Crippen molar-refractivity contribution in [2.24, 2.45) is 0 Å². The van der Waals surface area contributed by atoms with Crippen LogP contribution in [0.2, 0.25) is 0 Å². The van der Waals surface area contributed by atoms with Crippen molar-refractivity contribution in [1.29, 1.82) is 0 Å². The maximum atomic E-state index is 11.1. The van der Waals surface area contributed by atoms with E-state index in [1.165, 1.54) is 0 Å². The second kappa shape index (κ2) is 4.91. The molecule has 86 valence electrons. The van der Waals surface area contributed by atoms with E-state index in [-0.39, 0.29) is 5.78 Å². The molecule has 2 rings (SSSR count). The number of ketones is 1. The first-order valence-electron chi connectivity index (χ1n) is 5.67. The molecule has 0 aliphatic carbocycles. The zero-order valence-electron chi connectivity index (χ0n) is 10.1. The van der Waals surface area contributed by atoms with Crippen LogP contribution in [0.15, 0.2) is 42.6 Å². The maximum Gasteiger partial charge on any atom is 0.134 e. The Morgan fingerprint density at radius 3 is 2.53 bits per heavy atom. The van der Waals surface area contributed by atoms with E-state index in [0.29, 0.717) is 6.42 Å². The van der Waals surface area contributed by atoms with Crippen molar-refractivity contribution in [2.75, 3.05) is 0 Å². The van der Waals surface area contributed by atoms with Gasteiger partial charge in [0.1, 0.15) is 5.78 Å². The maximum absolute atomic E-state index is 11.1. The van der Waals surface area contributed by atoms with Crippen molar-refractivity contribution < 1.29 is 4.79 Å². The number of carbonyl (C=O) groups excluding carboxylic acids is 1. The van der Waals surface area contributed by atoms with Crippen molar-refractivity contribution >= 4 is 5.78 Å². The fraction of sp³-hybridized carbons (Fsp3) is 0.200. The van der Waals surface area contributed by atoms with Gasteiger partial charge in [0.2, 0.25) is 0 Å². The quantitative estimate of drug-likeness (QED) is 0.803. The van der Waals surface area contributed by atoms with E-state index >= 15 is 0 Å². The van der Waals surface area contributed by atoms with Crippen molar-refractivity contribution in [3.63, 3.8) is 0 Å². The standard InChI is InChI=1S/C15H15NO/c1-11-8-13(9-12(2)17)10-16-15(11)14-6-4-3-5-7-14/h3-8,10H,9H2,1-2H3. The fourth-order valence-electron chi connectivity index (χ4n) is 1.92. The van der Waals surface area contributed by atoms with Gasteiger partial charge >= 0.3 is 0 Å². The summed E-state index contributed by atoms with van der Waals surface area (Å²) in [5, 5.41) is 0. The highest BCUT2D eigenvalue weighted by Gasteiger charge is 2.05. The first-order valence-corrected chi connectivity index (χ1v) is 5.67. The summed E-state index contributed by atoms with van der Waals surface area (Å²) >= 11 is 0. The lowest BCUT2D eigenvalue weighted by atomic mass is 10.0. The number of carbonyl (C=O) groups is 1. The number of Topliss-reactive ketones (excluding diaryl/α,β-unsaturated/α-hetero) is 1. The second-order valence-electron chi connectivity index (χ2n) is 4.25. The van der Waals surface area contributed by atoms with E-state index in [1.807, 2.05) is 43.3 Å². The number of aromatic nitrogens is 1. The van der Waals surface area contributed by atoms with Gasteiger partial charge in [-0.3, -0.25) is 9.78 Å². The highest BCUT2D eigenvalue weighted by molar-refractivity contribution is 5.78. The molecular formula is C15H15NO. The Kier molecular flexibility index (Phi) is 3.33. The minimum absolute atomic E-state index is 0.165. The molecule has 0 saturated heterocycles. The molecule has 0 bridgehead atoms. The van der Waals surface area contributed by atoms with Gasteiger partial charge in [-0.15, -0.1) is 0 Å². The van der Waals surface area contributed by atoms with Crippen LogP contribution in [0.25, 0.3) is 11.3 Å². The third kappa shape index (κ3) is 2.78. The molecule has 2 nitrogen and oxygen atoms in total. The predicted molar refractivity (Wildman–Crippen MR) is 68.8 cm³/mol. The van der Waals surface area contributed by atoms with E-state index in [1.54, 1.807) is 13.1 Å². The zero-order valence-corrected chi connectivity index (χ0v) is 10.1. The first-order chi connectivity index (χ1) is 8.16. The molecule has 0 atom stereocenters. The lowest BCUT2D eigenvalue weighted by molar-refractivity contribution is -0.116. The van der Waals surface area contributed by atoms with Crippen molar-refractivity contribution in [3.8, 4) is 11.3 Å². The van der Waals surface area contributed by atoms with Gasteiger partial charge in [0.25, 0.3) is 0 Å². The summed E-state index contributed by atoms with van der Waals surface area (Å²) in [6.45, 7) is 3.62. The summed E-state index contributed by atoms with van der Waals surface area (Å²) in [6.07, 6.45) is 2.25. The Balaban J connectivity index is 2.35. The Labute approximate surface area is 101 Å². The zero-order chi connectivity index (χ0) is 12.3. The summed E-state index contributed by atoms with van der Waals surface area (Å²) in [7, 11) is 0. The van der Waals surface area contributed by atoms with E-state index < -0.39 is 0 Å². The molecule has 0 N–H and O–H groups in total. The van der Waals surface area contributed by atoms with Crippen molar-refractivity contribution in [1.82, 2.24) is 4.98 Å². The lowest BCUT2D eigenvalue weighted by Crippen LogP contribution is -1.99. The fourth-order valence-corrected chi connectivity index (χ4v) is 1.92. The normalized spacial score (nSPS) is 10.2. The Bertz CT molecular complexity index is 532. The third-order valence-corrected chi connectivity index (χ3v) is 2.64. The van der Waals surface area contributed by atoms with Crippen LogP contribution in [0.5, 0.6) is 0 Å². The third-order valence-electron chi connectivity index (χ3n) is 2.64. The molecule has 1 aromatic heterocycles. The lowest BCUT2D eigenvalue weighted by Gasteiger charge is -2.06. The number of pyridine rings is 1. The SMILES string of the molecule is CC(=O)Cc1cnc(-c2ccccc2)c(C)c1. The number of hydrogen-bond acceptors (Lipinski definition) is 2. The number of nitrogens with zero attached hydrogens (tertiary/aromatic N) is 1. The molecule has 1 heterocycles. The summed E-state index contributed by atoms with van der Waals surface area (Å²) in [6, 6.07) is 12.1. The highest BCUT2D eigenvalue weighted by atomic mass is 16.1. The van der Waals surface area contributed by atoms with Crippen LogP contribution in [-0.4, -0.2) is 10.8 Å². The van der Waals surface area contributed by atoms with E-state index in [0.717, 1.165) is 22.4 Å². The Morgan fingerprint density at radius 2 is 1.94 bits per heavy atom. The second-order valence-corrected chi connectivity index (χ2v) is 4.25. The topological polar surface area (TPSA) is 30.0 Å². The van der Waals surface area contributed by atoms with E-state index in [4.69, 9.17) is 0 Å². The van der Waals surface area contributed by atoms with Crippen molar-refractivity contribution in [2.45, 2.75) is 20.3 Å². The molecule has 1 aromatic carbocycles. The van der Waals surface area contributed by atoms with Crippen LogP contribution >= 0.6 is 0 Å². The smallest absolute Gasteiger partial charge is 0.134 e. The molecule has 0 fully saturated rings. The molecule has 0 amide bonds. The average Bonchev–Trinajstić information content (AvgIpc) is 2.29. The van der Waals surface area contributed by atoms with Gasteiger partial charge in [0.05, 0.1) is 5.69 Å². The molecule has 2 heteroatoms. The minimum atomic E-state index is 0.165. The van der Waals surface area contributed by atoms with E-state index in [2.05, 4.69) is 4.98 Å². The monoisotopic (exact) mass is 225 g/mol. The predicted octanol–water partition coefficient (Wildman–Crippen LogP) is 3.19. The van der Waals surface area contributed by atoms with Gasteiger partial charge in [0, 0.05) is 18.2 Å². The molecular weight excluding hydrogens is 210 g/mol. The van der Waals surface area contributed by atoms with Crippen LogP contribution < -0.4 is 0 Å². The van der Waals surface area contributed by atoms with Gasteiger partial charge in [-0.1, -0.05) is 36.4 Å². The average molecular weight is 225 g/mol. The molecule has 2 aromatic rings. The van der Waals surface area contributed by atoms with Gasteiger partial charge in [-0.25, -0.2) is 0 Å². The van der Waals surface area contributed by atoms with Crippen LogP contribution in [0.4, 0.5) is 0 Å². The number of hydrogen-bond donors (Lipinski definition) is 0. The number of aryl methyl sites for hydroxylation is 1. The summed E-state index contributed by atoms with van der Waals surface area (Å²) < 4.78 is 0. The first kappa shape index (κ1) is 11.5. The van der Waals surface area contributed by atoms with Gasteiger partial charge in [-0.05, 0) is 25.0 Å². The summed E-state index contributed by atoms with van der Waals surface area (Å²) in [5.41, 5.74) is 4.18. The van der Waals surface area contributed by atoms with Crippen LogP contribution in [0, 0.1) is 6.92 Å². The van der Waals surface area contributed by atoms with E-state index in [9.17, 15) is 4.79 Å².